The predicted octanol–water partition coefficient (Wildman–Crippen LogP) is 2.77. The first-order valence-corrected chi connectivity index (χ1v) is 4.97. The van der Waals surface area contributed by atoms with Crippen molar-refractivity contribution in [2.75, 3.05) is 0 Å². The fourth-order valence-corrected chi connectivity index (χ4v) is 1.85. The Balaban J connectivity index is 3.41. The second kappa shape index (κ2) is 3.83. The third-order valence-electron chi connectivity index (χ3n) is 2.29. The molecule has 0 radical (unpaired) electrons. The Morgan fingerprint density at radius 1 is 1.29 bits per heavy atom. The lowest BCUT2D eigenvalue weighted by molar-refractivity contribution is 0.544. The van der Waals surface area contributed by atoms with Gasteiger partial charge in [0.05, 0.1) is 5.69 Å². The summed E-state index contributed by atoms with van der Waals surface area (Å²) in [4.78, 5) is 4.27. The summed E-state index contributed by atoms with van der Waals surface area (Å²) < 4.78 is 2.14. The minimum atomic E-state index is 0.341. The van der Waals surface area contributed by atoms with Crippen LogP contribution in [0.4, 0.5) is 0 Å². The molecule has 0 atom stereocenters. The number of aromatic nitrogens is 2. The van der Waals surface area contributed by atoms with Crippen molar-refractivity contribution in [3.05, 3.63) is 17.2 Å². The first-order valence-electron chi connectivity index (χ1n) is 4.97. The molecule has 0 bridgehead atoms. The number of imidazole rings is 1. The van der Waals surface area contributed by atoms with Crippen molar-refractivity contribution in [3.63, 3.8) is 0 Å². The van der Waals surface area contributed by atoms with Crippen LogP contribution in [0.2, 0.25) is 0 Å². The van der Waals surface area contributed by atoms with E-state index in [2.05, 4.69) is 43.3 Å². The molecule has 0 spiro atoms. The van der Waals surface area contributed by atoms with Crippen LogP contribution in [0.15, 0.2) is 0 Å². The van der Waals surface area contributed by atoms with Crippen molar-refractivity contribution in [2.24, 2.45) is 0 Å². The molecule has 1 aromatic rings. The molecule has 76 valence electrons. The van der Waals surface area contributed by atoms with Crippen molar-refractivity contribution in [3.8, 4) is 6.07 Å². The van der Waals surface area contributed by atoms with Gasteiger partial charge in [-0.1, -0.05) is 13.8 Å². The third-order valence-corrected chi connectivity index (χ3v) is 2.29. The van der Waals surface area contributed by atoms with Crippen LogP contribution in [0.3, 0.4) is 0 Å². The van der Waals surface area contributed by atoms with Crippen molar-refractivity contribution in [1.29, 1.82) is 5.26 Å². The average Bonchev–Trinajstić information content (AvgIpc) is 2.41. The van der Waals surface area contributed by atoms with Crippen molar-refractivity contribution in [1.82, 2.24) is 9.55 Å². The highest BCUT2D eigenvalue weighted by Gasteiger charge is 2.18. The van der Waals surface area contributed by atoms with Gasteiger partial charge in [0, 0.05) is 6.04 Å². The molecule has 0 aliphatic rings. The van der Waals surface area contributed by atoms with Crippen LogP contribution in [0, 0.1) is 18.3 Å². The summed E-state index contributed by atoms with van der Waals surface area (Å²) in [5.41, 5.74) is 1.63. The summed E-state index contributed by atoms with van der Waals surface area (Å²) in [7, 11) is 0. The van der Waals surface area contributed by atoms with E-state index < -0.39 is 0 Å². The molecule has 1 rings (SSSR count). The van der Waals surface area contributed by atoms with E-state index in [1.54, 1.807) is 0 Å². The zero-order chi connectivity index (χ0) is 10.9. The van der Waals surface area contributed by atoms with Crippen molar-refractivity contribution in [2.45, 2.75) is 46.6 Å². The van der Waals surface area contributed by atoms with E-state index >= 15 is 0 Å². The molecule has 3 heteroatoms. The monoisotopic (exact) mass is 191 g/mol. The van der Waals surface area contributed by atoms with E-state index in [1.165, 1.54) is 0 Å². The number of nitrogens with zero attached hydrogens (tertiary/aromatic N) is 3. The number of nitriles is 1. The Morgan fingerprint density at radius 2 is 1.86 bits per heavy atom. The molecule has 0 amide bonds. The van der Waals surface area contributed by atoms with E-state index in [1.807, 2.05) is 6.92 Å². The summed E-state index contributed by atoms with van der Waals surface area (Å²) >= 11 is 0. The van der Waals surface area contributed by atoms with Gasteiger partial charge in [-0.05, 0) is 26.7 Å². The van der Waals surface area contributed by atoms with Gasteiger partial charge in [-0.15, -0.1) is 0 Å². The maximum atomic E-state index is 8.96. The van der Waals surface area contributed by atoms with Crippen LogP contribution in [0.1, 0.15) is 56.9 Å². The number of hydrogen-bond acceptors (Lipinski definition) is 2. The summed E-state index contributed by atoms with van der Waals surface area (Å²) in [6.07, 6.45) is 0. The molecule has 3 nitrogen and oxygen atoms in total. The molecule has 14 heavy (non-hydrogen) atoms. The minimum absolute atomic E-state index is 0.341. The van der Waals surface area contributed by atoms with Crippen LogP contribution in [0.25, 0.3) is 0 Å². The number of aryl methyl sites for hydroxylation is 1. The van der Waals surface area contributed by atoms with E-state index in [0.717, 1.165) is 11.5 Å². The fraction of sp³-hybridized carbons (Fsp3) is 0.636. The summed E-state index contributed by atoms with van der Waals surface area (Å²) in [5, 5.41) is 8.96. The highest BCUT2D eigenvalue weighted by atomic mass is 15.1. The predicted molar refractivity (Wildman–Crippen MR) is 56.2 cm³/mol. The standard InChI is InChI=1S/C11H17N3/c1-7(2)11-10(6-12)13-9(5)14(11)8(3)4/h7-8H,1-5H3. The van der Waals surface area contributed by atoms with E-state index in [4.69, 9.17) is 5.26 Å². The maximum absolute atomic E-state index is 8.96. The Hall–Kier alpha value is -1.30. The Morgan fingerprint density at radius 3 is 2.21 bits per heavy atom. The van der Waals surface area contributed by atoms with Gasteiger partial charge in [-0.3, -0.25) is 0 Å². The van der Waals surface area contributed by atoms with Crippen LogP contribution in [-0.2, 0) is 0 Å². The molecule has 0 unspecified atom stereocenters. The van der Waals surface area contributed by atoms with Gasteiger partial charge in [-0.25, -0.2) is 4.98 Å². The molecule has 0 saturated carbocycles. The van der Waals surface area contributed by atoms with Crippen LogP contribution in [0.5, 0.6) is 0 Å². The molecule has 0 saturated heterocycles. The van der Waals surface area contributed by atoms with Gasteiger partial charge < -0.3 is 4.57 Å². The van der Waals surface area contributed by atoms with Crippen molar-refractivity contribution < 1.29 is 0 Å². The zero-order valence-electron chi connectivity index (χ0n) is 9.50. The topological polar surface area (TPSA) is 41.6 Å². The molecule has 0 N–H and O–H groups in total. The van der Waals surface area contributed by atoms with Crippen LogP contribution < -0.4 is 0 Å². The molecule has 0 fully saturated rings. The summed E-state index contributed by atoms with van der Waals surface area (Å²) in [5.74, 6) is 1.27. The highest BCUT2D eigenvalue weighted by molar-refractivity contribution is 5.31. The lowest BCUT2D eigenvalue weighted by Gasteiger charge is -2.16. The number of hydrogen-bond donors (Lipinski definition) is 0. The molecule has 0 aliphatic carbocycles. The molecule has 1 aromatic heterocycles. The lowest BCUT2D eigenvalue weighted by Crippen LogP contribution is -2.09. The van der Waals surface area contributed by atoms with E-state index in [0.29, 0.717) is 17.7 Å². The molecule has 0 aromatic carbocycles. The van der Waals surface area contributed by atoms with Gasteiger partial charge in [0.2, 0.25) is 0 Å². The largest absolute Gasteiger partial charge is 0.328 e. The van der Waals surface area contributed by atoms with E-state index in [-0.39, 0.29) is 0 Å². The van der Waals surface area contributed by atoms with Crippen LogP contribution in [-0.4, -0.2) is 9.55 Å². The normalized spacial score (nSPS) is 11.0. The summed E-state index contributed by atoms with van der Waals surface area (Å²) in [6.45, 7) is 10.4. The van der Waals surface area contributed by atoms with Crippen molar-refractivity contribution >= 4 is 0 Å². The Kier molecular flexibility index (Phi) is 2.95. The van der Waals surface area contributed by atoms with Gasteiger partial charge >= 0.3 is 0 Å². The first kappa shape index (κ1) is 10.8. The molecular formula is C11H17N3. The molecule has 1 heterocycles. The van der Waals surface area contributed by atoms with Gasteiger partial charge in [0.1, 0.15) is 11.9 Å². The fourth-order valence-electron chi connectivity index (χ4n) is 1.85. The lowest BCUT2D eigenvalue weighted by atomic mass is 10.1. The second-order valence-electron chi connectivity index (χ2n) is 4.12. The average molecular weight is 191 g/mol. The first-order chi connectivity index (χ1) is 6.49. The smallest absolute Gasteiger partial charge is 0.162 e. The SMILES string of the molecule is Cc1nc(C#N)c(C(C)C)n1C(C)C. The van der Waals surface area contributed by atoms with Gasteiger partial charge in [-0.2, -0.15) is 5.26 Å². The van der Waals surface area contributed by atoms with Gasteiger partial charge in [0.15, 0.2) is 5.69 Å². The molecule has 0 aliphatic heterocycles. The van der Waals surface area contributed by atoms with Gasteiger partial charge in [0.25, 0.3) is 0 Å². The molecular weight excluding hydrogens is 174 g/mol. The Labute approximate surface area is 85.4 Å². The maximum Gasteiger partial charge on any atom is 0.162 e. The third kappa shape index (κ3) is 1.65. The Bertz CT molecular complexity index is 367. The minimum Gasteiger partial charge on any atom is -0.328 e. The van der Waals surface area contributed by atoms with E-state index in [9.17, 15) is 0 Å². The zero-order valence-corrected chi connectivity index (χ0v) is 9.50. The summed E-state index contributed by atoms with van der Waals surface area (Å²) in [6, 6.07) is 2.52. The quantitative estimate of drug-likeness (QED) is 0.721. The number of rotatable bonds is 2. The van der Waals surface area contributed by atoms with Crippen LogP contribution >= 0.6 is 0 Å². The highest BCUT2D eigenvalue weighted by Crippen LogP contribution is 2.24. The second-order valence-corrected chi connectivity index (χ2v) is 4.12.